The average molecular weight is 363 g/mol. The second kappa shape index (κ2) is 6.57. The van der Waals surface area contributed by atoms with Crippen LogP contribution in [0.25, 0.3) is 11.0 Å². The highest BCUT2D eigenvalue weighted by Gasteiger charge is 2.11. The van der Waals surface area contributed by atoms with Gasteiger partial charge in [0, 0.05) is 16.3 Å². The van der Waals surface area contributed by atoms with Crippen LogP contribution in [0.3, 0.4) is 0 Å². The summed E-state index contributed by atoms with van der Waals surface area (Å²) in [6.07, 6.45) is 0. The first-order valence-corrected chi connectivity index (χ1v) is 8.16. The van der Waals surface area contributed by atoms with Crippen molar-refractivity contribution in [3.05, 3.63) is 52.5 Å². The lowest BCUT2D eigenvalue weighted by atomic mass is 10.2. The maximum Gasteiger partial charge on any atom is 0.257 e. The van der Waals surface area contributed by atoms with Crippen molar-refractivity contribution in [2.75, 3.05) is 5.32 Å². The van der Waals surface area contributed by atoms with E-state index in [1.54, 1.807) is 24.3 Å². The SMILES string of the molecule is Cc1c(Cl)cccc1NC(=S)NC(=O)c1ccc2nsnc2c1. The van der Waals surface area contributed by atoms with Gasteiger partial charge in [0.05, 0.1) is 11.7 Å². The molecule has 0 aliphatic heterocycles. The van der Waals surface area contributed by atoms with E-state index in [0.29, 0.717) is 16.1 Å². The Bertz CT molecular complexity index is 909. The molecule has 5 nitrogen and oxygen atoms in total. The van der Waals surface area contributed by atoms with Crippen LogP contribution in [0.2, 0.25) is 5.02 Å². The first-order chi connectivity index (χ1) is 11.0. The van der Waals surface area contributed by atoms with E-state index in [0.717, 1.165) is 28.5 Å². The molecule has 1 aromatic heterocycles. The first kappa shape index (κ1) is 15.8. The van der Waals surface area contributed by atoms with E-state index in [1.807, 2.05) is 19.1 Å². The molecule has 3 rings (SSSR count). The third-order valence-corrected chi connectivity index (χ3v) is 4.43. The topological polar surface area (TPSA) is 66.9 Å². The van der Waals surface area contributed by atoms with Crippen LogP contribution < -0.4 is 10.6 Å². The largest absolute Gasteiger partial charge is 0.332 e. The average Bonchev–Trinajstić information content (AvgIpc) is 2.99. The molecule has 116 valence electrons. The van der Waals surface area contributed by atoms with Crippen molar-refractivity contribution in [1.29, 1.82) is 0 Å². The van der Waals surface area contributed by atoms with Gasteiger partial charge in [-0.3, -0.25) is 10.1 Å². The van der Waals surface area contributed by atoms with Gasteiger partial charge in [-0.15, -0.1) is 0 Å². The molecular formula is C15H11ClN4OS2. The Hall–Kier alpha value is -2.09. The molecule has 0 saturated carbocycles. The molecule has 1 amide bonds. The van der Waals surface area contributed by atoms with Crippen molar-refractivity contribution in [2.45, 2.75) is 6.92 Å². The fraction of sp³-hybridized carbons (Fsp3) is 0.0667. The standard InChI is InChI=1S/C15H11ClN4OS2/c1-8-10(16)3-2-4-11(8)17-15(22)18-14(21)9-5-6-12-13(7-9)20-23-19-12/h2-7H,1H3,(H2,17,18,21,22). The number of carbonyl (C=O) groups excluding carboxylic acids is 1. The van der Waals surface area contributed by atoms with Gasteiger partial charge in [0.25, 0.3) is 5.91 Å². The lowest BCUT2D eigenvalue weighted by Gasteiger charge is -2.12. The third-order valence-electron chi connectivity index (χ3n) is 3.26. The number of thiocarbonyl (C=S) groups is 1. The summed E-state index contributed by atoms with van der Waals surface area (Å²) in [6.45, 7) is 1.87. The molecule has 0 radical (unpaired) electrons. The third kappa shape index (κ3) is 3.47. The second-order valence-corrected chi connectivity index (χ2v) is 6.13. The molecule has 0 aliphatic carbocycles. The Morgan fingerprint density at radius 3 is 2.83 bits per heavy atom. The van der Waals surface area contributed by atoms with Gasteiger partial charge in [0.2, 0.25) is 0 Å². The van der Waals surface area contributed by atoms with Crippen molar-refractivity contribution in [2.24, 2.45) is 0 Å². The van der Waals surface area contributed by atoms with E-state index < -0.39 is 0 Å². The molecule has 2 N–H and O–H groups in total. The van der Waals surface area contributed by atoms with Gasteiger partial charge in [0.1, 0.15) is 11.0 Å². The summed E-state index contributed by atoms with van der Waals surface area (Å²) < 4.78 is 8.22. The lowest BCUT2D eigenvalue weighted by molar-refractivity contribution is 0.0978. The van der Waals surface area contributed by atoms with E-state index in [9.17, 15) is 4.79 Å². The molecular weight excluding hydrogens is 352 g/mol. The Morgan fingerprint density at radius 2 is 2.00 bits per heavy atom. The number of nitrogens with one attached hydrogen (secondary N) is 2. The summed E-state index contributed by atoms with van der Waals surface area (Å²) in [5.74, 6) is -0.308. The highest BCUT2D eigenvalue weighted by molar-refractivity contribution is 7.80. The number of amides is 1. The number of anilines is 1. The minimum Gasteiger partial charge on any atom is -0.332 e. The van der Waals surface area contributed by atoms with E-state index in [2.05, 4.69) is 19.4 Å². The van der Waals surface area contributed by atoms with Gasteiger partial charge >= 0.3 is 0 Å². The van der Waals surface area contributed by atoms with Crippen LogP contribution in [0.1, 0.15) is 15.9 Å². The molecule has 2 aromatic carbocycles. The Kier molecular flexibility index (Phi) is 4.51. The fourth-order valence-electron chi connectivity index (χ4n) is 2.00. The van der Waals surface area contributed by atoms with Gasteiger partial charge < -0.3 is 5.32 Å². The molecule has 0 spiro atoms. The first-order valence-electron chi connectivity index (χ1n) is 6.64. The van der Waals surface area contributed by atoms with E-state index >= 15 is 0 Å². The lowest BCUT2D eigenvalue weighted by Crippen LogP contribution is -2.34. The summed E-state index contributed by atoms with van der Waals surface area (Å²) >= 11 is 12.4. The van der Waals surface area contributed by atoms with Crippen LogP contribution in [-0.2, 0) is 0 Å². The number of halogens is 1. The minimum atomic E-state index is -0.308. The monoisotopic (exact) mass is 362 g/mol. The van der Waals surface area contributed by atoms with Crippen LogP contribution in [0.5, 0.6) is 0 Å². The second-order valence-electron chi connectivity index (χ2n) is 4.79. The molecule has 0 unspecified atom stereocenters. The highest BCUT2D eigenvalue weighted by atomic mass is 35.5. The predicted octanol–water partition coefficient (Wildman–Crippen LogP) is 3.78. The summed E-state index contributed by atoms with van der Waals surface area (Å²) in [6, 6.07) is 10.6. The molecule has 8 heteroatoms. The summed E-state index contributed by atoms with van der Waals surface area (Å²) in [5, 5.41) is 6.45. The Morgan fingerprint density at radius 1 is 1.22 bits per heavy atom. The van der Waals surface area contributed by atoms with Gasteiger partial charge in [-0.25, -0.2) is 0 Å². The number of nitrogens with zero attached hydrogens (tertiary/aromatic N) is 2. The van der Waals surface area contributed by atoms with Crippen LogP contribution in [0, 0.1) is 6.92 Å². The van der Waals surface area contributed by atoms with Crippen LogP contribution in [0.15, 0.2) is 36.4 Å². The molecule has 1 heterocycles. The zero-order chi connectivity index (χ0) is 16.4. The Balaban J connectivity index is 1.71. The van der Waals surface area contributed by atoms with Crippen LogP contribution in [0.4, 0.5) is 5.69 Å². The van der Waals surface area contributed by atoms with Gasteiger partial charge in [0.15, 0.2) is 5.11 Å². The van der Waals surface area contributed by atoms with Gasteiger partial charge in [-0.2, -0.15) is 8.75 Å². The van der Waals surface area contributed by atoms with Crippen molar-refractivity contribution in [3.63, 3.8) is 0 Å². The van der Waals surface area contributed by atoms with Crippen LogP contribution >= 0.6 is 35.5 Å². The fourth-order valence-corrected chi connectivity index (χ4v) is 2.89. The summed E-state index contributed by atoms with van der Waals surface area (Å²) in [4.78, 5) is 12.3. The van der Waals surface area contributed by atoms with Crippen molar-refractivity contribution in [1.82, 2.24) is 14.1 Å². The molecule has 3 aromatic rings. The predicted molar refractivity (Wildman–Crippen MR) is 97.3 cm³/mol. The van der Waals surface area contributed by atoms with Crippen LogP contribution in [-0.4, -0.2) is 19.8 Å². The van der Waals surface area contributed by atoms with E-state index in [4.69, 9.17) is 23.8 Å². The molecule has 23 heavy (non-hydrogen) atoms. The molecule has 0 atom stereocenters. The number of hydrogen-bond donors (Lipinski definition) is 2. The number of rotatable bonds is 2. The maximum atomic E-state index is 12.3. The normalized spacial score (nSPS) is 10.5. The number of fused-ring (bicyclic) bond motifs is 1. The number of aromatic nitrogens is 2. The maximum absolute atomic E-state index is 12.3. The zero-order valence-corrected chi connectivity index (χ0v) is 14.4. The number of carbonyl (C=O) groups is 1. The quantitative estimate of drug-likeness (QED) is 0.679. The number of hydrogen-bond acceptors (Lipinski definition) is 5. The molecule has 0 fully saturated rings. The minimum absolute atomic E-state index is 0.205. The molecule has 0 bridgehead atoms. The number of benzene rings is 2. The van der Waals surface area contributed by atoms with Crippen molar-refractivity contribution in [3.8, 4) is 0 Å². The van der Waals surface area contributed by atoms with Gasteiger partial charge in [-0.05, 0) is 55.0 Å². The zero-order valence-electron chi connectivity index (χ0n) is 12.0. The molecule has 0 aliphatic rings. The Labute approximate surface area is 147 Å². The summed E-state index contributed by atoms with van der Waals surface area (Å²) in [7, 11) is 0. The smallest absolute Gasteiger partial charge is 0.257 e. The molecule has 0 saturated heterocycles. The van der Waals surface area contributed by atoms with Crippen molar-refractivity contribution < 1.29 is 4.79 Å². The van der Waals surface area contributed by atoms with Gasteiger partial charge in [-0.1, -0.05) is 17.7 Å². The van der Waals surface area contributed by atoms with E-state index in [1.165, 1.54) is 0 Å². The highest BCUT2D eigenvalue weighted by Crippen LogP contribution is 2.22. The van der Waals surface area contributed by atoms with Crippen molar-refractivity contribution >= 4 is 63.3 Å². The van der Waals surface area contributed by atoms with E-state index in [-0.39, 0.29) is 11.0 Å². The summed E-state index contributed by atoms with van der Waals surface area (Å²) in [5.41, 5.74) is 3.54.